The Bertz CT molecular complexity index is 1200. The molecule has 8 heteroatoms. The number of fused-ring (bicyclic) bond motifs is 4. The number of nitrogens with zero attached hydrogens (tertiary/aromatic N) is 1. The van der Waals surface area contributed by atoms with Gasteiger partial charge in [0.1, 0.15) is 10.5 Å². The van der Waals surface area contributed by atoms with Crippen LogP contribution in [0.3, 0.4) is 0 Å². The quantitative estimate of drug-likeness (QED) is 0.485. The van der Waals surface area contributed by atoms with Crippen LogP contribution in [0.5, 0.6) is 5.75 Å². The van der Waals surface area contributed by atoms with Crippen LogP contribution in [-0.4, -0.2) is 44.7 Å². The normalized spacial score (nSPS) is 19.8. The largest absolute Gasteiger partial charge is 0.497 e. The van der Waals surface area contributed by atoms with Crippen molar-refractivity contribution < 1.29 is 23.8 Å². The molecule has 0 N–H and O–H groups in total. The number of rotatable bonds is 4. The number of anilines is 1. The Morgan fingerprint density at radius 3 is 1.88 bits per heavy atom. The number of thioether (sulfide) groups is 1. The molecule has 0 unspecified atom stereocenters. The highest BCUT2D eigenvalue weighted by atomic mass is 32.2. The van der Waals surface area contributed by atoms with Crippen molar-refractivity contribution in [2.24, 2.45) is 0 Å². The summed E-state index contributed by atoms with van der Waals surface area (Å²) in [5.41, 5.74) is 2.65. The summed E-state index contributed by atoms with van der Waals surface area (Å²) in [6.45, 7) is 0. The van der Waals surface area contributed by atoms with E-state index in [1.807, 2.05) is 65.6 Å². The van der Waals surface area contributed by atoms with Gasteiger partial charge in [0.2, 0.25) is 0 Å². The number of carbonyl (C=O) groups is 2. The lowest BCUT2D eigenvalue weighted by molar-refractivity contribution is -0.143. The van der Waals surface area contributed by atoms with E-state index < -0.39 is 28.1 Å². The summed E-state index contributed by atoms with van der Waals surface area (Å²) in [5.74, 6) is -0.176. The van der Waals surface area contributed by atoms with Gasteiger partial charge in [0.25, 0.3) is 0 Å². The molecule has 5 rings (SSSR count). The van der Waals surface area contributed by atoms with Crippen LogP contribution >= 0.6 is 23.5 Å². The minimum Gasteiger partial charge on any atom is -0.497 e. The predicted octanol–water partition coefficient (Wildman–Crippen LogP) is 4.70. The van der Waals surface area contributed by atoms with Crippen molar-refractivity contribution in [2.75, 3.05) is 26.2 Å². The molecule has 1 spiro atoms. The van der Waals surface area contributed by atoms with E-state index in [1.54, 1.807) is 18.9 Å². The van der Waals surface area contributed by atoms with Gasteiger partial charge in [0.15, 0.2) is 11.4 Å². The molecule has 2 heterocycles. The van der Waals surface area contributed by atoms with Gasteiger partial charge in [-0.1, -0.05) is 48.2 Å². The van der Waals surface area contributed by atoms with Crippen LogP contribution in [0, 0.1) is 0 Å². The maximum absolute atomic E-state index is 13.6. The van der Waals surface area contributed by atoms with Gasteiger partial charge in [-0.3, -0.25) is 0 Å². The van der Waals surface area contributed by atoms with Crippen molar-refractivity contribution in [1.82, 2.24) is 0 Å². The van der Waals surface area contributed by atoms with Crippen molar-refractivity contribution in [2.45, 2.75) is 26.0 Å². The number of carbonyl (C=O) groups excluding carboxylic acids is 2. The maximum atomic E-state index is 13.6. The van der Waals surface area contributed by atoms with Crippen molar-refractivity contribution >= 4 is 41.1 Å². The smallest absolute Gasteiger partial charge is 0.339 e. The number of hydrogen-bond donors (Lipinski definition) is 0. The molecule has 174 valence electrons. The highest BCUT2D eigenvalue weighted by molar-refractivity contribution is 8.03. The molecule has 1 fully saturated rings. The zero-order valence-electron chi connectivity index (χ0n) is 18.9. The van der Waals surface area contributed by atoms with Crippen molar-refractivity contribution in [3.63, 3.8) is 0 Å². The zero-order valence-corrected chi connectivity index (χ0v) is 20.5. The second kappa shape index (κ2) is 8.92. The molecule has 2 aliphatic rings. The Balaban J connectivity index is 1.81. The van der Waals surface area contributed by atoms with Crippen LogP contribution in [0.2, 0.25) is 0 Å². The van der Waals surface area contributed by atoms with Gasteiger partial charge in [-0.15, -0.1) is 11.8 Å². The first kappa shape index (κ1) is 22.7. The molecule has 2 atom stereocenters. The van der Waals surface area contributed by atoms with E-state index in [2.05, 4.69) is 12.1 Å². The van der Waals surface area contributed by atoms with E-state index in [4.69, 9.17) is 14.2 Å². The van der Waals surface area contributed by atoms with Crippen LogP contribution in [-0.2, 0) is 23.8 Å². The average molecular weight is 494 g/mol. The van der Waals surface area contributed by atoms with E-state index >= 15 is 0 Å². The Morgan fingerprint density at radius 2 is 1.35 bits per heavy atom. The van der Waals surface area contributed by atoms with E-state index in [0.29, 0.717) is 11.4 Å². The molecule has 6 nitrogen and oxygen atoms in total. The third kappa shape index (κ3) is 3.35. The summed E-state index contributed by atoms with van der Waals surface area (Å²) >= 11 is 3.09. The van der Waals surface area contributed by atoms with E-state index in [0.717, 1.165) is 20.9 Å². The minimum absolute atomic E-state index is 0.425. The van der Waals surface area contributed by atoms with Crippen molar-refractivity contribution in [1.29, 1.82) is 0 Å². The molecule has 0 aromatic heterocycles. The maximum Gasteiger partial charge on any atom is 0.339 e. The SMILES string of the molecule is COC(=O)[C@@H]1SC2(c3ccccc3Sc3ccccc32)[C@@H](C(=O)OC)N1c1ccc(OC)cc1. The lowest BCUT2D eigenvalue weighted by atomic mass is 9.82. The van der Waals surface area contributed by atoms with Crippen LogP contribution < -0.4 is 9.64 Å². The minimum atomic E-state index is -0.885. The van der Waals surface area contributed by atoms with Crippen LogP contribution in [0.15, 0.2) is 82.6 Å². The van der Waals surface area contributed by atoms with Gasteiger partial charge in [-0.05, 0) is 47.5 Å². The summed E-state index contributed by atoms with van der Waals surface area (Å²) in [6, 6.07) is 22.6. The fraction of sp³-hybridized carbons (Fsp3) is 0.231. The topological polar surface area (TPSA) is 65.1 Å². The highest BCUT2D eigenvalue weighted by Gasteiger charge is 2.63. The zero-order chi connectivity index (χ0) is 23.9. The third-order valence-corrected chi connectivity index (χ3v) is 9.04. The van der Waals surface area contributed by atoms with Gasteiger partial charge in [-0.2, -0.15) is 0 Å². The Morgan fingerprint density at radius 1 is 0.794 bits per heavy atom. The summed E-state index contributed by atoms with van der Waals surface area (Å²) in [6.07, 6.45) is 0. The monoisotopic (exact) mass is 493 g/mol. The third-order valence-electron chi connectivity index (χ3n) is 6.21. The second-order valence-electron chi connectivity index (χ2n) is 7.85. The molecule has 0 bridgehead atoms. The average Bonchev–Trinajstić information content (AvgIpc) is 3.24. The number of ether oxygens (including phenoxy) is 3. The van der Waals surface area contributed by atoms with Gasteiger partial charge in [0, 0.05) is 15.5 Å². The van der Waals surface area contributed by atoms with Crippen LogP contribution in [0.1, 0.15) is 11.1 Å². The van der Waals surface area contributed by atoms with Crippen molar-refractivity contribution in [3.8, 4) is 5.75 Å². The fourth-order valence-corrected chi connectivity index (χ4v) is 7.92. The standard InChI is InChI=1S/C26H23NO5S2/c1-30-17-14-12-16(13-15-17)27-22(24(28)31-2)26(34-23(27)25(29)32-3)18-8-4-6-10-20(18)33-21-11-7-5-9-19(21)26/h4-15,22-23H,1-3H3/t22-,23+/m1/s1. The second-order valence-corrected chi connectivity index (χ2v) is 10.3. The first-order valence-electron chi connectivity index (χ1n) is 10.7. The molecular weight excluding hydrogens is 470 g/mol. The number of esters is 2. The van der Waals surface area contributed by atoms with Crippen molar-refractivity contribution in [3.05, 3.63) is 83.9 Å². The van der Waals surface area contributed by atoms with Gasteiger partial charge in [-0.25, -0.2) is 9.59 Å². The molecule has 34 heavy (non-hydrogen) atoms. The highest BCUT2D eigenvalue weighted by Crippen LogP contribution is 2.63. The molecule has 3 aromatic rings. The summed E-state index contributed by atoms with van der Waals surface area (Å²) < 4.78 is 15.0. The molecular formula is C26H23NO5S2. The van der Waals surface area contributed by atoms with Crippen LogP contribution in [0.4, 0.5) is 5.69 Å². The molecule has 0 amide bonds. The molecule has 1 saturated heterocycles. The van der Waals surface area contributed by atoms with Gasteiger partial charge >= 0.3 is 11.9 Å². The number of benzene rings is 3. The van der Waals surface area contributed by atoms with Gasteiger partial charge in [0.05, 0.1) is 21.3 Å². The predicted molar refractivity (Wildman–Crippen MR) is 132 cm³/mol. The molecule has 0 saturated carbocycles. The Labute approximate surface area is 206 Å². The lowest BCUT2D eigenvalue weighted by Crippen LogP contribution is -2.52. The molecule has 0 radical (unpaired) electrons. The fourth-order valence-electron chi connectivity index (χ4n) is 4.73. The van der Waals surface area contributed by atoms with E-state index in [1.165, 1.54) is 26.0 Å². The first-order valence-corrected chi connectivity index (χ1v) is 12.4. The molecule has 3 aromatic carbocycles. The number of hydrogen-bond acceptors (Lipinski definition) is 8. The summed E-state index contributed by atoms with van der Waals surface area (Å²) in [5, 5.41) is -0.772. The molecule has 0 aliphatic carbocycles. The van der Waals surface area contributed by atoms with Crippen LogP contribution in [0.25, 0.3) is 0 Å². The Kier molecular flexibility index (Phi) is 5.95. The number of methoxy groups -OCH3 is 3. The lowest BCUT2D eigenvalue weighted by Gasteiger charge is -2.41. The summed E-state index contributed by atoms with van der Waals surface area (Å²) in [7, 11) is 4.34. The molecule has 2 aliphatic heterocycles. The van der Waals surface area contributed by atoms with Gasteiger partial charge < -0.3 is 19.1 Å². The van der Waals surface area contributed by atoms with E-state index in [9.17, 15) is 9.59 Å². The van der Waals surface area contributed by atoms with E-state index in [-0.39, 0.29) is 0 Å². The summed E-state index contributed by atoms with van der Waals surface area (Å²) in [4.78, 5) is 30.7. The Hall–Kier alpha value is -3.10. The first-order chi connectivity index (χ1) is 16.5.